The van der Waals surface area contributed by atoms with Gasteiger partial charge < -0.3 is 15.2 Å². The molecule has 1 aliphatic heterocycles. The van der Waals surface area contributed by atoms with Gasteiger partial charge in [-0.25, -0.2) is 0 Å². The van der Waals surface area contributed by atoms with Crippen LogP contribution in [0.1, 0.15) is 15.9 Å². The van der Waals surface area contributed by atoms with Gasteiger partial charge in [0.2, 0.25) is 0 Å². The Balaban J connectivity index is 1.58. The van der Waals surface area contributed by atoms with Crippen LogP contribution in [0, 0.1) is 0 Å². The Morgan fingerprint density at radius 1 is 1.32 bits per heavy atom. The van der Waals surface area contributed by atoms with Gasteiger partial charge in [-0.05, 0) is 42.3 Å². The molecule has 0 spiro atoms. The third kappa shape index (κ3) is 2.62. The first-order valence-electron chi connectivity index (χ1n) is 6.59. The monoisotopic (exact) mass is 255 g/mol. The van der Waals surface area contributed by atoms with Gasteiger partial charge in [-0.3, -0.25) is 4.79 Å². The normalized spacial score (nSPS) is 12.8. The van der Waals surface area contributed by atoms with E-state index in [1.54, 1.807) is 0 Å². The maximum atomic E-state index is 12.0. The van der Waals surface area contributed by atoms with Crippen LogP contribution >= 0.6 is 0 Å². The Labute approximate surface area is 112 Å². The van der Waals surface area contributed by atoms with Gasteiger partial charge in [0.15, 0.2) is 0 Å². The lowest BCUT2D eigenvalue weighted by molar-refractivity contribution is 0.0952. The van der Waals surface area contributed by atoms with E-state index in [0.717, 1.165) is 30.8 Å². The smallest absolute Gasteiger partial charge is 0.251 e. The Bertz CT molecular complexity index is 575. The number of hydrogen-bond donors (Lipinski definition) is 2. The summed E-state index contributed by atoms with van der Waals surface area (Å²) in [7, 11) is 0. The lowest BCUT2D eigenvalue weighted by atomic mass is 10.1. The van der Waals surface area contributed by atoms with E-state index >= 15 is 0 Å². The molecule has 4 nitrogen and oxygen atoms in total. The van der Waals surface area contributed by atoms with Crippen molar-refractivity contribution >= 4 is 11.6 Å². The predicted molar refractivity (Wildman–Crippen MR) is 75.4 cm³/mol. The predicted octanol–water partition coefficient (Wildman–Crippen LogP) is 1.89. The summed E-state index contributed by atoms with van der Waals surface area (Å²) in [6.45, 7) is 2.40. The largest absolute Gasteiger partial charge is 0.384 e. The topological polar surface area (TPSA) is 46.1 Å². The molecule has 1 aromatic carbocycles. The standard InChI is InChI=1S/C15H17N3O/c19-15(17-7-10-18-8-1-2-9-18)13-3-4-14-12(11-13)5-6-16-14/h1-4,8-9,11,16H,5-7,10H2,(H,17,19). The third-order valence-corrected chi connectivity index (χ3v) is 3.40. The van der Waals surface area contributed by atoms with E-state index in [2.05, 4.69) is 10.6 Å². The van der Waals surface area contributed by atoms with Crippen molar-refractivity contribution in [1.29, 1.82) is 0 Å². The minimum absolute atomic E-state index is 0.00172. The van der Waals surface area contributed by atoms with Gasteiger partial charge in [0.25, 0.3) is 5.91 Å². The molecule has 2 aromatic rings. The minimum atomic E-state index is 0.00172. The van der Waals surface area contributed by atoms with E-state index in [1.165, 1.54) is 5.56 Å². The first-order chi connectivity index (χ1) is 9.33. The summed E-state index contributed by atoms with van der Waals surface area (Å²) in [5, 5.41) is 6.24. The summed E-state index contributed by atoms with van der Waals surface area (Å²) in [6.07, 6.45) is 4.99. The highest BCUT2D eigenvalue weighted by atomic mass is 16.1. The fourth-order valence-corrected chi connectivity index (χ4v) is 2.37. The molecular weight excluding hydrogens is 238 g/mol. The zero-order valence-corrected chi connectivity index (χ0v) is 10.7. The first kappa shape index (κ1) is 11.8. The fourth-order valence-electron chi connectivity index (χ4n) is 2.37. The molecule has 0 radical (unpaired) electrons. The summed E-state index contributed by atoms with van der Waals surface area (Å²) in [5.74, 6) is 0.00172. The second kappa shape index (κ2) is 5.18. The van der Waals surface area contributed by atoms with Crippen molar-refractivity contribution in [1.82, 2.24) is 9.88 Å². The summed E-state index contributed by atoms with van der Waals surface area (Å²) >= 11 is 0. The summed E-state index contributed by atoms with van der Waals surface area (Å²) in [4.78, 5) is 12.0. The third-order valence-electron chi connectivity index (χ3n) is 3.40. The van der Waals surface area contributed by atoms with Crippen molar-refractivity contribution in [2.24, 2.45) is 0 Å². The van der Waals surface area contributed by atoms with Crippen molar-refractivity contribution in [2.75, 3.05) is 18.4 Å². The minimum Gasteiger partial charge on any atom is -0.384 e. The van der Waals surface area contributed by atoms with Crippen LogP contribution in [0.3, 0.4) is 0 Å². The van der Waals surface area contributed by atoms with Crippen LogP contribution in [0.5, 0.6) is 0 Å². The molecule has 3 rings (SSSR count). The Hall–Kier alpha value is -2.23. The summed E-state index contributed by atoms with van der Waals surface area (Å²) in [6, 6.07) is 9.82. The molecule has 2 heterocycles. The number of aromatic nitrogens is 1. The molecule has 0 saturated heterocycles. The van der Waals surface area contributed by atoms with E-state index in [9.17, 15) is 4.79 Å². The van der Waals surface area contributed by atoms with E-state index in [1.807, 2.05) is 47.3 Å². The maximum absolute atomic E-state index is 12.0. The van der Waals surface area contributed by atoms with Crippen LogP contribution in [0.4, 0.5) is 5.69 Å². The van der Waals surface area contributed by atoms with Gasteiger partial charge in [0.05, 0.1) is 0 Å². The van der Waals surface area contributed by atoms with Crippen molar-refractivity contribution in [2.45, 2.75) is 13.0 Å². The summed E-state index contributed by atoms with van der Waals surface area (Å²) < 4.78 is 2.05. The molecular formula is C15H17N3O. The highest BCUT2D eigenvalue weighted by molar-refractivity contribution is 5.95. The molecule has 1 amide bonds. The maximum Gasteiger partial charge on any atom is 0.251 e. The number of anilines is 1. The molecule has 0 atom stereocenters. The second-order valence-electron chi connectivity index (χ2n) is 4.73. The number of amides is 1. The van der Waals surface area contributed by atoms with Gasteiger partial charge in [-0.1, -0.05) is 0 Å². The SMILES string of the molecule is O=C(NCCn1cccc1)c1ccc2c(c1)CCN2. The second-order valence-corrected chi connectivity index (χ2v) is 4.73. The molecule has 0 bridgehead atoms. The zero-order valence-electron chi connectivity index (χ0n) is 10.7. The van der Waals surface area contributed by atoms with Crippen LogP contribution in [0.25, 0.3) is 0 Å². The van der Waals surface area contributed by atoms with Crippen molar-refractivity contribution in [3.8, 4) is 0 Å². The van der Waals surface area contributed by atoms with Gasteiger partial charge in [-0.2, -0.15) is 0 Å². The lowest BCUT2D eigenvalue weighted by Gasteiger charge is -2.07. The first-order valence-corrected chi connectivity index (χ1v) is 6.59. The number of nitrogens with one attached hydrogen (secondary N) is 2. The molecule has 0 aliphatic carbocycles. The molecule has 0 unspecified atom stereocenters. The molecule has 0 saturated carbocycles. The van der Waals surface area contributed by atoms with E-state index in [4.69, 9.17) is 0 Å². The van der Waals surface area contributed by atoms with E-state index in [-0.39, 0.29) is 5.91 Å². The molecule has 0 fully saturated rings. The molecule has 4 heteroatoms. The Kier molecular flexibility index (Phi) is 3.23. The summed E-state index contributed by atoms with van der Waals surface area (Å²) in [5.41, 5.74) is 3.14. The Morgan fingerprint density at radius 2 is 2.16 bits per heavy atom. The molecule has 19 heavy (non-hydrogen) atoms. The molecule has 98 valence electrons. The van der Waals surface area contributed by atoms with Crippen LogP contribution in [0.2, 0.25) is 0 Å². The van der Waals surface area contributed by atoms with Crippen molar-refractivity contribution in [3.05, 3.63) is 53.9 Å². The number of carbonyl (C=O) groups is 1. The van der Waals surface area contributed by atoms with Gasteiger partial charge in [0.1, 0.15) is 0 Å². The van der Waals surface area contributed by atoms with Crippen molar-refractivity contribution in [3.63, 3.8) is 0 Å². The van der Waals surface area contributed by atoms with Crippen LogP contribution < -0.4 is 10.6 Å². The Morgan fingerprint density at radius 3 is 3.00 bits per heavy atom. The van der Waals surface area contributed by atoms with Crippen LogP contribution in [-0.2, 0) is 13.0 Å². The van der Waals surface area contributed by atoms with Crippen LogP contribution in [0.15, 0.2) is 42.7 Å². The molecule has 2 N–H and O–H groups in total. The van der Waals surface area contributed by atoms with E-state index in [0.29, 0.717) is 6.54 Å². The van der Waals surface area contributed by atoms with E-state index < -0.39 is 0 Å². The van der Waals surface area contributed by atoms with Gasteiger partial charge in [-0.15, -0.1) is 0 Å². The van der Waals surface area contributed by atoms with Crippen LogP contribution in [-0.4, -0.2) is 23.6 Å². The highest BCUT2D eigenvalue weighted by Gasteiger charge is 2.12. The lowest BCUT2D eigenvalue weighted by Crippen LogP contribution is -2.27. The van der Waals surface area contributed by atoms with Crippen molar-refractivity contribution < 1.29 is 4.79 Å². The number of nitrogens with zero attached hydrogens (tertiary/aromatic N) is 1. The fraction of sp³-hybridized carbons (Fsp3) is 0.267. The molecule has 1 aromatic heterocycles. The number of benzene rings is 1. The molecule has 1 aliphatic rings. The number of carbonyl (C=O) groups excluding carboxylic acids is 1. The van der Waals surface area contributed by atoms with Gasteiger partial charge >= 0.3 is 0 Å². The van der Waals surface area contributed by atoms with Gasteiger partial charge in [0, 0.05) is 43.3 Å². The highest BCUT2D eigenvalue weighted by Crippen LogP contribution is 2.22. The average molecular weight is 255 g/mol. The zero-order chi connectivity index (χ0) is 13.1. The number of fused-ring (bicyclic) bond motifs is 1. The number of rotatable bonds is 4. The average Bonchev–Trinajstić information content (AvgIpc) is 3.08. The number of hydrogen-bond acceptors (Lipinski definition) is 2. The quantitative estimate of drug-likeness (QED) is 0.876.